The van der Waals surface area contributed by atoms with Gasteiger partial charge in [-0.25, -0.2) is 0 Å². The molecule has 1 aromatic carbocycles. The number of carbonyl (C=O) groups is 4. The number of likely N-dealkylation sites (tertiary alicyclic amines) is 1. The number of fused-ring (bicyclic) bond motifs is 1. The van der Waals surface area contributed by atoms with Crippen LogP contribution in [-0.4, -0.2) is 64.2 Å². The van der Waals surface area contributed by atoms with Crippen LogP contribution in [0.5, 0.6) is 0 Å². The summed E-state index contributed by atoms with van der Waals surface area (Å²) < 4.78 is 0. The van der Waals surface area contributed by atoms with Gasteiger partial charge >= 0.3 is 0 Å². The van der Waals surface area contributed by atoms with Gasteiger partial charge in [-0.3, -0.25) is 29.4 Å². The maximum absolute atomic E-state index is 13.1. The Bertz CT molecular complexity index is 1040. The fraction of sp³-hybridized carbons (Fsp3) is 0.630. The van der Waals surface area contributed by atoms with Crippen molar-refractivity contribution in [2.24, 2.45) is 11.8 Å². The molecule has 4 amide bonds. The van der Waals surface area contributed by atoms with E-state index >= 15 is 0 Å². The first-order chi connectivity index (χ1) is 16.8. The van der Waals surface area contributed by atoms with Crippen molar-refractivity contribution in [3.8, 4) is 0 Å². The molecular weight excluding hydrogens is 446 g/mol. The molecule has 3 heterocycles. The number of hydrogen-bond acceptors (Lipinski definition) is 6. The molecule has 8 heteroatoms. The van der Waals surface area contributed by atoms with Crippen molar-refractivity contribution in [3.63, 3.8) is 0 Å². The summed E-state index contributed by atoms with van der Waals surface area (Å²) in [5.41, 5.74) is 0.0649. The maximum atomic E-state index is 13.1. The third-order valence-electron chi connectivity index (χ3n) is 8.72. The zero-order chi connectivity index (χ0) is 24.7. The molecule has 1 atom stereocenters. The van der Waals surface area contributed by atoms with E-state index in [-0.39, 0.29) is 24.0 Å². The molecule has 1 aromatic rings. The smallest absolute Gasteiger partial charge is 0.262 e. The van der Waals surface area contributed by atoms with Crippen LogP contribution in [0.3, 0.4) is 0 Å². The van der Waals surface area contributed by atoms with Crippen LogP contribution in [0.2, 0.25) is 0 Å². The minimum atomic E-state index is -1.04. The van der Waals surface area contributed by atoms with Crippen LogP contribution >= 0.6 is 0 Å². The van der Waals surface area contributed by atoms with E-state index in [4.69, 9.17) is 0 Å². The third-order valence-corrected chi connectivity index (χ3v) is 8.72. The van der Waals surface area contributed by atoms with Crippen molar-refractivity contribution in [3.05, 3.63) is 34.9 Å². The average Bonchev–Trinajstić information content (AvgIpc) is 3.11. The Balaban J connectivity index is 1.24. The molecule has 0 spiro atoms. The summed E-state index contributed by atoms with van der Waals surface area (Å²) in [6, 6.07) is 3.97. The average molecular weight is 482 g/mol. The summed E-state index contributed by atoms with van der Waals surface area (Å²) in [6.45, 7) is 4.98. The zero-order valence-corrected chi connectivity index (χ0v) is 20.4. The van der Waals surface area contributed by atoms with Gasteiger partial charge in [0.15, 0.2) is 0 Å². The van der Waals surface area contributed by atoms with Gasteiger partial charge in [0.1, 0.15) is 6.04 Å². The predicted octanol–water partition coefficient (Wildman–Crippen LogP) is 2.59. The Morgan fingerprint density at radius 3 is 2.26 bits per heavy atom. The first-order valence-electron chi connectivity index (χ1n) is 13.1. The number of carbonyl (C=O) groups excluding carboxylic acids is 4. The molecule has 35 heavy (non-hydrogen) atoms. The molecule has 3 aliphatic heterocycles. The van der Waals surface area contributed by atoms with Gasteiger partial charge in [-0.05, 0) is 61.6 Å². The Kier molecular flexibility index (Phi) is 6.53. The zero-order valence-electron chi connectivity index (χ0n) is 20.4. The number of hydrogen-bond donors (Lipinski definition) is 2. The monoisotopic (exact) mass is 481 g/mol. The van der Waals surface area contributed by atoms with E-state index < -0.39 is 35.3 Å². The molecule has 188 valence electrons. The van der Waals surface area contributed by atoms with Crippen LogP contribution in [0.15, 0.2) is 18.2 Å². The van der Waals surface area contributed by atoms with Gasteiger partial charge in [0.25, 0.3) is 11.8 Å². The number of aliphatic hydroxyl groups is 1. The van der Waals surface area contributed by atoms with Gasteiger partial charge < -0.3 is 10.0 Å². The van der Waals surface area contributed by atoms with Crippen LogP contribution in [0.1, 0.15) is 91.0 Å². The van der Waals surface area contributed by atoms with Gasteiger partial charge in [-0.1, -0.05) is 32.3 Å². The van der Waals surface area contributed by atoms with Crippen molar-refractivity contribution < 1.29 is 24.3 Å². The summed E-state index contributed by atoms with van der Waals surface area (Å²) in [5, 5.41) is 13.7. The summed E-state index contributed by atoms with van der Waals surface area (Å²) >= 11 is 0. The second kappa shape index (κ2) is 9.47. The number of nitrogens with one attached hydrogen (secondary N) is 1. The molecule has 4 aliphatic rings. The molecule has 1 saturated carbocycles. The minimum Gasteiger partial charge on any atom is -0.385 e. The highest BCUT2D eigenvalue weighted by molar-refractivity contribution is 6.23. The van der Waals surface area contributed by atoms with Gasteiger partial charge in [-0.15, -0.1) is 0 Å². The maximum Gasteiger partial charge on any atom is 0.262 e. The van der Waals surface area contributed by atoms with E-state index in [2.05, 4.69) is 17.1 Å². The molecule has 2 saturated heterocycles. The first-order valence-corrected chi connectivity index (χ1v) is 13.1. The molecule has 8 nitrogen and oxygen atoms in total. The van der Waals surface area contributed by atoms with E-state index in [1.165, 1.54) is 32.1 Å². The SMILES string of the molecule is CC[C@H]1CC[C@H](CN2CCC(O)(c3ccc4c(c3)C(=O)N(C3CCC(=O)NC3=O)C4=O)CC2)CC1. The second-order valence-electron chi connectivity index (χ2n) is 10.8. The van der Waals surface area contributed by atoms with Crippen molar-refractivity contribution >= 4 is 23.6 Å². The number of amides is 4. The topological polar surface area (TPSA) is 107 Å². The fourth-order valence-electron chi connectivity index (χ4n) is 6.34. The third kappa shape index (κ3) is 4.54. The van der Waals surface area contributed by atoms with E-state index in [9.17, 15) is 24.3 Å². The number of piperidine rings is 2. The summed E-state index contributed by atoms with van der Waals surface area (Å²) in [7, 11) is 0. The lowest BCUT2D eigenvalue weighted by Gasteiger charge is -2.40. The summed E-state index contributed by atoms with van der Waals surface area (Å²) in [5.74, 6) is -0.447. The number of benzene rings is 1. The normalized spacial score (nSPS) is 29.3. The lowest BCUT2D eigenvalue weighted by molar-refractivity contribution is -0.136. The number of nitrogens with zero attached hydrogens (tertiary/aromatic N) is 2. The molecule has 2 N–H and O–H groups in total. The minimum absolute atomic E-state index is 0.0886. The quantitative estimate of drug-likeness (QED) is 0.626. The Labute approximate surface area is 206 Å². The van der Waals surface area contributed by atoms with Gasteiger partial charge in [0.05, 0.1) is 16.7 Å². The van der Waals surface area contributed by atoms with E-state index in [0.29, 0.717) is 18.4 Å². The summed E-state index contributed by atoms with van der Waals surface area (Å²) in [4.78, 5) is 53.3. The lowest BCUT2D eigenvalue weighted by atomic mass is 9.79. The van der Waals surface area contributed by atoms with Gasteiger partial charge in [0.2, 0.25) is 11.8 Å². The molecule has 1 aliphatic carbocycles. The fourth-order valence-corrected chi connectivity index (χ4v) is 6.34. The van der Waals surface area contributed by atoms with Crippen molar-refractivity contribution in [2.75, 3.05) is 19.6 Å². The van der Waals surface area contributed by atoms with Crippen LogP contribution in [-0.2, 0) is 15.2 Å². The number of imide groups is 2. The highest BCUT2D eigenvalue weighted by Gasteiger charge is 2.45. The van der Waals surface area contributed by atoms with Crippen LogP contribution in [0.25, 0.3) is 0 Å². The Morgan fingerprint density at radius 2 is 1.60 bits per heavy atom. The van der Waals surface area contributed by atoms with E-state index in [1.54, 1.807) is 18.2 Å². The second-order valence-corrected chi connectivity index (χ2v) is 10.8. The predicted molar refractivity (Wildman–Crippen MR) is 128 cm³/mol. The van der Waals surface area contributed by atoms with Gasteiger partial charge in [0, 0.05) is 26.1 Å². The highest BCUT2D eigenvalue weighted by atomic mass is 16.3. The molecule has 1 unspecified atom stereocenters. The largest absolute Gasteiger partial charge is 0.385 e. The van der Waals surface area contributed by atoms with Crippen molar-refractivity contribution in [1.29, 1.82) is 0 Å². The van der Waals surface area contributed by atoms with Crippen LogP contribution in [0.4, 0.5) is 0 Å². The molecule has 3 fully saturated rings. The highest BCUT2D eigenvalue weighted by Crippen LogP contribution is 2.38. The Morgan fingerprint density at radius 1 is 0.943 bits per heavy atom. The first kappa shape index (κ1) is 24.1. The van der Waals surface area contributed by atoms with Gasteiger partial charge in [-0.2, -0.15) is 0 Å². The Hall–Kier alpha value is -2.58. The van der Waals surface area contributed by atoms with Crippen LogP contribution in [0, 0.1) is 11.8 Å². The lowest BCUT2D eigenvalue weighted by Crippen LogP contribution is -2.54. The molecule has 0 aromatic heterocycles. The molecular formula is C27H35N3O5. The van der Waals surface area contributed by atoms with E-state index in [1.807, 2.05) is 0 Å². The summed E-state index contributed by atoms with van der Waals surface area (Å²) in [6.07, 6.45) is 7.91. The number of rotatable bonds is 5. The van der Waals surface area contributed by atoms with Crippen molar-refractivity contribution in [2.45, 2.75) is 76.4 Å². The molecule has 0 bridgehead atoms. The molecule has 5 rings (SSSR count). The standard InChI is InChI=1S/C27H35N3O5/c1-2-17-3-5-18(6-4-17)16-29-13-11-27(35,12-14-29)19-7-8-20-21(15-19)26(34)30(25(20)33)22-9-10-23(31)28-24(22)32/h7-8,15,17-18,22,35H,2-6,9-14,16H2,1H3,(H,28,31,32)/t17-,18-,22?. The molecule has 0 radical (unpaired) electrons. The van der Waals surface area contributed by atoms with E-state index in [0.717, 1.165) is 36.4 Å². The van der Waals surface area contributed by atoms with Crippen LogP contribution < -0.4 is 5.32 Å². The van der Waals surface area contributed by atoms with Crippen molar-refractivity contribution in [1.82, 2.24) is 15.1 Å².